The smallest absolute Gasteiger partial charge is 0.206 e. The molecular formula is C15H24N4. The van der Waals surface area contributed by atoms with Gasteiger partial charge in [0.25, 0.3) is 0 Å². The Morgan fingerprint density at radius 1 is 1.32 bits per heavy atom. The molecule has 0 radical (unpaired) electrons. The second kappa shape index (κ2) is 6.06. The van der Waals surface area contributed by atoms with Crippen molar-refractivity contribution >= 4 is 17.0 Å². The van der Waals surface area contributed by atoms with Gasteiger partial charge in [0.1, 0.15) is 0 Å². The van der Waals surface area contributed by atoms with Crippen molar-refractivity contribution in [1.82, 2.24) is 14.9 Å². The van der Waals surface area contributed by atoms with Crippen molar-refractivity contribution < 1.29 is 0 Å². The number of fused-ring (bicyclic) bond motifs is 1. The van der Waals surface area contributed by atoms with Crippen LogP contribution in [0.1, 0.15) is 20.8 Å². The van der Waals surface area contributed by atoms with Gasteiger partial charge in [-0.3, -0.25) is 0 Å². The number of anilines is 1. The zero-order valence-electron chi connectivity index (χ0n) is 12.3. The van der Waals surface area contributed by atoms with E-state index in [2.05, 4.69) is 60.8 Å². The first kappa shape index (κ1) is 13.9. The first-order chi connectivity index (χ1) is 9.13. The summed E-state index contributed by atoms with van der Waals surface area (Å²) in [5, 5.41) is 3.45. The third kappa shape index (κ3) is 3.07. The van der Waals surface area contributed by atoms with Crippen LogP contribution in [0, 0.1) is 0 Å². The highest BCUT2D eigenvalue weighted by molar-refractivity contribution is 5.78. The lowest BCUT2D eigenvalue weighted by molar-refractivity contribution is 0.579. The van der Waals surface area contributed by atoms with Crippen LogP contribution in [0.3, 0.4) is 0 Å². The monoisotopic (exact) mass is 260 g/mol. The van der Waals surface area contributed by atoms with Gasteiger partial charge in [0, 0.05) is 32.7 Å². The van der Waals surface area contributed by atoms with Crippen molar-refractivity contribution in [2.45, 2.75) is 26.8 Å². The van der Waals surface area contributed by atoms with E-state index in [9.17, 15) is 0 Å². The molecule has 1 aromatic carbocycles. The lowest BCUT2D eigenvalue weighted by Crippen LogP contribution is -2.36. The van der Waals surface area contributed by atoms with E-state index in [-0.39, 0.29) is 0 Å². The summed E-state index contributed by atoms with van der Waals surface area (Å²) in [4.78, 5) is 7.06. The molecule has 1 heterocycles. The molecular weight excluding hydrogens is 236 g/mol. The molecule has 0 atom stereocenters. The molecule has 19 heavy (non-hydrogen) atoms. The van der Waals surface area contributed by atoms with Crippen LogP contribution in [0.5, 0.6) is 0 Å². The number of likely N-dealkylation sites (N-methyl/N-ethyl adjacent to an activating group) is 1. The average molecular weight is 260 g/mol. The minimum absolute atomic E-state index is 0.527. The fourth-order valence-electron chi connectivity index (χ4n) is 2.30. The van der Waals surface area contributed by atoms with E-state index in [1.54, 1.807) is 0 Å². The summed E-state index contributed by atoms with van der Waals surface area (Å²) < 4.78 is 2.17. The molecule has 4 heteroatoms. The van der Waals surface area contributed by atoms with Gasteiger partial charge in [0.2, 0.25) is 5.95 Å². The van der Waals surface area contributed by atoms with Crippen molar-refractivity contribution in [1.29, 1.82) is 0 Å². The number of aryl methyl sites for hydroxylation is 1. The molecule has 0 aliphatic heterocycles. The van der Waals surface area contributed by atoms with E-state index in [4.69, 9.17) is 4.98 Å². The van der Waals surface area contributed by atoms with Gasteiger partial charge >= 0.3 is 0 Å². The Morgan fingerprint density at radius 3 is 2.68 bits per heavy atom. The molecule has 104 valence electrons. The molecule has 0 aliphatic rings. The number of nitrogens with one attached hydrogen (secondary N) is 1. The molecule has 0 amide bonds. The number of para-hydroxylation sites is 2. The first-order valence-corrected chi connectivity index (χ1v) is 7.03. The van der Waals surface area contributed by atoms with E-state index < -0.39 is 0 Å². The highest BCUT2D eigenvalue weighted by Crippen LogP contribution is 2.20. The molecule has 4 nitrogen and oxygen atoms in total. The topological polar surface area (TPSA) is 33.1 Å². The lowest BCUT2D eigenvalue weighted by Gasteiger charge is -2.22. The van der Waals surface area contributed by atoms with Crippen molar-refractivity contribution in [3.63, 3.8) is 0 Å². The summed E-state index contributed by atoms with van der Waals surface area (Å²) >= 11 is 0. The van der Waals surface area contributed by atoms with Crippen molar-refractivity contribution in [2.24, 2.45) is 7.05 Å². The van der Waals surface area contributed by atoms with E-state index in [0.717, 1.165) is 31.1 Å². The minimum atomic E-state index is 0.527. The highest BCUT2D eigenvalue weighted by Gasteiger charge is 2.13. The summed E-state index contributed by atoms with van der Waals surface area (Å²) in [6, 6.07) is 8.81. The highest BCUT2D eigenvalue weighted by atomic mass is 15.3. The largest absolute Gasteiger partial charge is 0.341 e. The van der Waals surface area contributed by atoms with E-state index in [1.165, 1.54) is 5.52 Å². The molecule has 1 N–H and O–H groups in total. The van der Waals surface area contributed by atoms with Crippen molar-refractivity contribution in [2.75, 3.05) is 24.5 Å². The fraction of sp³-hybridized carbons (Fsp3) is 0.533. The Labute approximate surface area is 115 Å². The molecule has 0 saturated carbocycles. The number of hydrogen-bond donors (Lipinski definition) is 1. The molecule has 0 spiro atoms. The molecule has 0 unspecified atom stereocenters. The van der Waals surface area contributed by atoms with Gasteiger partial charge < -0.3 is 14.8 Å². The number of benzene rings is 1. The van der Waals surface area contributed by atoms with Crippen LogP contribution < -0.4 is 10.2 Å². The summed E-state index contributed by atoms with van der Waals surface area (Å²) in [7, 11) is 2.09. The second-order valence-corrected chi connectivity index (χ2v) is 5.15. The Morgan fingerprint density at radius 2 is 2.05 bits per heavy atom. The zero-order valence-corrected chi connectivity index (χ0v) is 12.3. The molecule has 2 rings (SSSR count). The summed E-state index contributed by atoms with van der Waals surface area (Å²) in [5.74, 6) is 1.05. The SMILES string of the molecule is CCN(CCNC(C)C)c1nc2ccccc2n1C. The molecule has 0 bridgehead atoms. The minimum Gasteiger partial charge on any atom is -0.341 e. The lowest BCUT2D eigenvalue weighted by atomic mass is 10.3. The fourth-order valence-corrected chi connectivity index (χ4v) is 2.30. The number of imidazole rings is 1. The summed E-state index contributed by atoms with van der Waals surface area (Å²) in [5.41, 5.74) is 2.25. The van der Waals surface area contributed by atoms with Crippen LogP contribution in [0.2, 0.25) is 0 Å². The van der Waals surface area contributed by atoms with E-state index in [1.807, 2.05) is 6.07 Å². The Balaban J connectivity index is 2.18. The number of rotatable bonds is 6. The molecule has 0 saturated heterocycles. The quantitative estimate of drug-likeness (QED) is 0.866. The summed E-state index contributed by atoms with van der Waals surface area (Å²) in [6.07, 6.45) is 0. The summed E-state index contributed by atoms with van der Waals surface area (Å²) in [6.45, 7) is 9.45. The van der Waals surface area contributed by atoms with Crippen LogP contribution in [0.4, 0.5) is 5.95 Å². The number of aromatic nitrogens is 2. The average Bonchev–Trinajstić information content (AvgIpc) is 2.73. The maximum absolute atomic E-state index is 4.74. The van der Waals surface area contributed by atoms with Gasteiger partial charge in [-0.15, -0.1) is 0 Å². The Bertz CT molecular complexity index is 530. The van der Waals surface area contributed by atoms with Crippen molar-refractivity contribution in [3.8, 4) is 0 Å². The Kier molecular flexibility index (Phi) is 4.43. The third-order valence-corrected chi connectivity index (χ3v) is 3.36. The van der Waals surface area contributed by atoms with Crippen LogP contribution in [-0.4, -0.2) is 35.2 Å². The first-order valence-electron chi connectivity index (χ1n) is 7.03. The maximum atomic E-state index is 4.74. The van der Waals surface area contributed by atoms with Crippen LogP contribution in [0.25, 0.3) is 11.0 Å². The molecule has 0 fully saturated rings. The Hall–Kier alpha value is -1.55. The van der Waals surface area contributed by atoms with Gasteiger partial charge in [-0.25, -0.2) is 4.98 Å². The third-order valence-electron chi connectivity index (χ3n) is 3.36. The predicted molar refractivity (Wildman–Crippen MR) is 81.7 cm³/mol. The van der Waals surface area contributed by atoms with Gasteiger partial charge in [-0.2, -0.15) is 0 Å². The van der Waals surface area contributed by atoms with Crippen molar-refractivity contribution in [3.05, 3.63) is 24.3 Å². The molecule has 2 aromatic rings. The van der Waals surface area contributed by atoms with Gasteiger partial charge in [0.05, 0.1) is 11.0 Å². The van der Waals surface area contributed by atoms with Gasteiger partial charge in [0.15, 0.2) is 0 Å². The number of nitrogens with zero attached hydrogens (tertiary/aromatic N) is 3. The van der Waals surface area contributed by atoms with Crippen LogP contribution in [0.15, 0.2) is 24.3 Å². The predicted octanol–water partition coefficient (Wildman–Crippen LogP) is 2.40. The van der Waals surface area contributed by atoms with Crippen LogP contribution >= 0.6 is 0 Å². The normalized spacial score (nSPS) is 11.4. The van der Waals surface area contributed by atoms with E-state index >= 15 is 0 Å². The zero-order chi connectivity index (χ0) is 13.8. The number of hydrogen-bond acceptors (Lipinski definition) is 3. The van der Waals surface area contributed by atoms with Gasteiger partial charge in [-0.1, -0.05) is 26.0 Å². The molecule has 0 aliphatic carbocycles. The van der Waals surface area contributed by atoms with Gasteiger partial charge in [-0.05, 0) is 19.1 Å². The standard InChI is InChI=1S/C15H24N4/c1-5-19(11-10-16-12(2)3)15-17-13-8-6-7-9-14(13)18(15)4/h6-9,12,16H,5,10-11H2,1-4H3. The second-order valence-electron chi connectivity index (χ2n) is 5.15. The maximum Gasteiger partial charge on any atom is 0.206 e. The van der Waals surface area contributed by atoms with Crippen LogP contribution in [-0.2, 0) is 7.05 Å². The molecule has 1 aromatic heterocycles. The van der Waals surface area contributed by atoms with E-state index in [0.29, 0.717) is 6.04 Å².